The molecule has 0 amide bonds. The molecular weight excluding hydrogens is 330 g/mol. The molecule has 1 aromatic carbocycles. The standard InChI is InChI=1S/C20H27N3O3/c1-4-16-15-10-9-13(17-12-19(20(24)25-3)26-22(17)2)11-18(15)23(21-16)14-7-5-6-8-14/h9-11,14,17,19H,4-8,12H2,1-3H3. The van der Waals surface area contributed by atoms with Gasteiger partial charge in [0.05, 0.1) is 30.4 Å². The van der Waals surface area contributed by atoms with E-state index in [4.69, 9.17) is 14.7 Å². The predicted molar refractivity (Wildman–Crippen MR) is 98.6 cm³/mol. The van der Waals surface area contributed by atoms with Crippen molar-refractivity contribution in [3.63, 3.8) is 0 Å². The van der Waals surface area contributed by atoms with E-state index in [-0.39, 0.29) is 12.0 Å². The summed E-state index contributed by atoms with van der Waals surface area (Å²) >= 11 is 0. The normalized spacial score (nSPS) is 24.6. The van der Waals surface area contributed by atoms with E-state index >= 15 is 0 Å². The Bertz CT molecular complexity index is 810. The molecule has 2 unspecified atom stereocenters. The smallest absolute Gasteiger partial charge is 0.337 e. The summed E-state index contributed by atoms with van der Waals surface area (Å²) in [4.78, 5) is 17.5. The number of nitrogens with zero attached hydrogens (tertiary/aromatic N) is 3. The summed E-state index contributed by atoms with van der Waals surface area (Å²) < 4.78 is 7.08. The third kappa shape index (κ3) is 2.91. The Morgan fingerprint density at radius 3 is 2.81 bits per heavy atom. The van der Waals surface area contributed by atoms with Crippen molar-refractivity contribution in [1.29, 1.82) is 0 Å². The molecule has 0 radical (unpaired) electrons. The van der Waals surface area contributed by atoms with E-state index in [1.165, 1.54) is 49.4 Å². The van der Waals surface area contributed by atoms with Crippen LogP contribution in [0.5, 0.6) is 0 Å². The van der Waals surface area contributed by atoms with Crippen molar-refractivity contribution in [1.82, 2.24) is 14.8 Å². The van der Waals surface area contributed by atoms with Gasteiger partial charge in [-0.25, -0.2) is 4.79 Å². The van der Waals surface area contributed by atoms with Gasteiger partial charge in [0.15, 0.2) is 6.10 Å². The Morgan fingerprint density at radius 2 is 2.12 bits per heavy atom. The maximum Gasteiger partial charge on any atom is 0.337 e. The van der Waals surface area contributed by atoms with Gasteiger partial charge in [-0.2, -0.15) is 10.2 Å². The van der Waals surface area contributed by atoms with E-state index in [9.17, 15) is 4.79 Å². The molecule has 0 N–H and O–H groups in total. The van der Waals surface area contributed by atoms with Crippen LogP contribution in [-0.2, 0) is 20.8 Å². The minimum Gasteiger partial charge on any atom is -0.467 e. The Morgan fingerprint density at radius 1 is 1.35 bits per heavy atom. The van der Waals surface area contributed by atoms with Crippen molar-refractivity contribution in [2.45, 2.75) is 63.6 Å². The minimum absolute atomic E-state index is 0.0421. The lowest BCUT2D eigenvalue weighted by molar-refractivity contribution is -0.179. The molecule has 1 aliphatic carbocycles. The first-order valence-electron chi connectivity index (χ1n) is 9.60. The highest BCUT2D eigenvalue weighted by Gasteiger charge is 2.37. The predicted octanol–water partition coefficient (Wildman–Crippen LogP) is 3.56. The summed E-state index contributed by atoms with van der Waals surface area (Å²) in [6.07, 6.45) is 6.00. The molecule has 2 aliphatic rings. The number of esters is 1. The zero-order chi connectivity index (χ0) is 18.3. The first kappa shape index (κ1) is 17.5. The van der Waals surface area contributed by atoms with Crippen LogP contribution in [0.15, 0.2) is 18.2 Å². The van der Waals surface area contributed by atoms with Crippen LogP contribution in [0.4, 0.5) is 0 Å². The Hall–Kier alpha value is -1.92. The molecule has 1 saturated heterocycles. The second-order valence-electron chi connectivity index (χ2n) is 7.37. The maximum atomic E-state index is 11.8. The molecule has 26 heavy (non-hydrogen) atoms. The lowest BCUT2D eigenvalue weighted by Gasteiger charge is -2.18. The number of carbonyl (C=O) groups excluding carboxylic acids is 1. The van der Waals surface area contributed by atoms with Gasteiger partial charge in [-0.05, 0) is 30.9 Å². The minimum atomic E-state index is -0.531. The van der Waals surface area contributed by atoms with Gasteiger partial charge in [-0.3, -0.25) is 9.52 Å². The average Bonchev–Trinajstić information content (AvgIpc) is 3.38. The molecule has 2 fully saturated rings. The number of hydrogen-bond donors (Lipinski definition) is 0. The number of methoxy groups -OCH3 is 1. The molecule has 2 heterocycles. The third-order valence-electron chi connectivity index (χ3n) is 5.83. The van der Waals surface area contributed by atoms with Crippen LogP contribution in [0.1, 0.15) is 62.4 Å². The van der Waals surface area contributed by atoms with Gasteiger partial charge in [0.2, 0.25) is 0 Å². The van der Waals surface area contributed by atoms with Crippen molar-refractivity contribution in [2.24, 2.45) is 0 Å². The molecule has 6 nitrogen and oxygen atoms in total. The fraction of sp³-hybridized carbons (Fsp3) is 0.600. The molecule has 1 aromatic heterocycles. The van der Waals surface area contributed by atoms with Crippen molar-refractivity contribution in [3.8, 4) is 0 Å². The van der Waals surface area contributed by atoms with Crippen molar-refractivity contribution in [2.75, 3.05) is 14.2 Å². The SMILES string of the molecule is CCc1nn(C2CCCC2)c2cc(C3CC(C(=O)OC)ON3C)ccc12. The van der Waals surface area contributed by atoms with E-state index < -0.39 is 6.10 Å². The van der Waals surface area contributed by atoms with Gasteiger partial charge in [-0.15, -0.1) is 0 Å². The zero-order valence-electron chi connectivity index (χ0n) is 15.8. The Balaban J connectivity index is 1.70. The Kier molecular flexibility index (Phi) is 4.71. The molecular formula is C20H27N3O3. The van der Waals surface area contributed by atoms with Crippen LogP contribution < -0.4 is 0 Å². The molecule has 0 spiro atoms. The molecule has 4 rings (SSSR count). The van der Waals surface area contributed by atoms with Gasteiger partial charge in [0, 0.05) is 18.9 Å². The van der Waals surface area contributed by atoms with Crippen LogP contribution in [0, 0.1) is 0 Å². The maximum absolute atomic E-state index is 11.8. The van der Waals surface area contributed by atoms with Crippen LogP contribution in [0.25, 0.3) is 10.9 Å². The van der Waals surface area contributed by atoms with E-state index in [2.05, 4.69) is 29.8 Å². The zero-order valence-corrected chi connectivity index (χ0v) is 15.8. The van der Waals surface area contributed by atoms with Gasteiger partial charge >= 0.3 is 5.97 Å². The summed E-state index contributed by atoms with van der Waals surface area (Å²) in [5, 5.41) is 7.95. The topological polar surface area (TPSA) is 56.6 Å². The number of hydroxylamine groups is 2. The lowest BCUT2D eigenvalue weighted by atomic mass is 9.99. The van der Waals surface area contributed by atoms with Crippen LogP contribution in [0.3, 0.4) is 0 Å². The number of carbonyl (C=O) groups is 1. The van der Waals surface area contributed by atoms with Gasteiger partial charge in [-0.1, -0.05) is 31.9 Å². The fourth-order valence-electron chi connectivity index (χ4n) is 4.40. The van der Waals surface area contributed by atoms with E-state index in [0.717, 1.165) is 12.0 Å². The summed E-state index contributed by atoms with van der Waals surface area (Å²) in [5.74, 6) is -0.315. The number of benzene rings is 1. The number of ether oxygens (including phenoxy) is 1. The fourth-order valence-corrected chi connectivity index (χ4v) is 4.40. The van der Waals surface area contributed by atoms with Crippen molar-refractivity contribution >= 4 is 16.9 Å². The number of hydrogen-bond acceptors (Lipinski definition) is 5. The largest absolute Gasteiger partial charge is 0.467 e. The summed E-state index contributed by atoms with van der Waals surface area (Å²) in [7, 11) is 3.28. The van der Waals surface area contributed by atoms with Crippen molar-refractivity contribution < 1.29 is 14.4 Å². The van der Waals surface area contributed by atoms with Crippen LogP contribution in [-0.4, -0.2) is 41.1 Å². The number of rotatable bonds is 4. The highest BCUT2D eigenvalue weighted by Crippen LogP contribution is 2.37. The highest BCUT2D eigenvalue weighted by atomic mass is 16.7. The first-order valence-corrected chi connectivity index (χ1v) is 9.60. The second kappa shape index (κ2) is 7.00. The number of fused-ring (bicyclic) bond motifs is 1. The first-order chi connectivity index (χ1) is 12.6. The molecule has 6 heteroatoms. The number of aromatic nitrogens is 2. The molecule has 2 atom stereocenters. The van der Waals surface area contributed by atoms with Gasteiger partial charge < -0.3 is 4.74 Å². The second-order valence-corrected chi connectivity index (χ2v) is 7.37. The summed E-state index contributed by atoms with van der Waals surface area (Å²) in [6, 6.07) is 7.12. The molecule has 0 bridgehead atoms. The van der Waals surface area contributed by atoms with E-state index in [1.54, 1.807) is 5.06 Å². The van der Waals surface area contributed by atoms with Crippen molar-refractivity contribution in [3.05, 3.63) is 29.5 Å². The van der Waals surface area contributed by atoms with Gasteiger partial charge in [0.25, 0.3) is 0 Å². The monoisotopic (exact) mass is 357 g/mol. The quantitative estimate of drug-likeness (QED) is 0.783. The van der Waals surface area contributed by atoms with E-state index in [1.807, 2.05) is 7.05 Å². The summed E-state index contributed by atoms with van der Waals surface area (Å²) in [5.41, 5.74) is 3.54. The molecule has 2 aromatic rings. The average molecular weight is 357 g/mol. The number of aryl methyl sites for hydroxylation is 1. The third-order valence-corrected chi connectivity index (χ3v) is 5.83. The van der Waals surface area contributed by atoms with Crippen LogP contribution in [0.2, 0.25) is 0 Å². The molecule has 1 aliphatic heterocycles. The lowest BCUT2D eigenvalue weighted by Crippen LogP contribution is -2.23. The van der Waals surface area contributed by atoms with Gasteiger partial charge in [0.1, 0.15) is 0 Å². The van der Waals surface area contributed by atoms with Crippen LogP contribution >= 0.6 is 0 Å². The summed E-state index contributed by atoms with van der Waals surface area (Å²) in [6.45, 7) is 2.16. The molecule has 140 valence electrons. The molecule has 1 saturated carbocycles. The Labute approximate surface area is 154 Å². The highest BCUT2D eigenvalue weighted by molar-refractivity contribution is 5.83. The van der Waals surface area contributed by atoms with E-state index in [0.29, 0.717) is 12.5 Å².